The van der Waals surface area contributed by atoms with E-state index in [1.54, 1.807) is 55.6 Å². The number of hydrogen-bond acceptors (Lipinski definition) is 5. The monoisotopic (exact) mass is 387 g/mol. The number of methoxy groups -OCH3 is 2. The Balaban J connectivity index is 1.63. The fraction of sp³-hybridized carbons (Fsp3) is 0.167. The van der Waals surface area contributed by atoms with E-state index in [1.165, 1.54) is 12.1 Å². The Morgan fingerprint density at radius 1 is 1.11 bits per heavy atom. The SMILES string of the molecule is COc1ccc(OC)c(NC(=S)Nc2ncn(Cc3ccc(F)cc3)n2)c1. The molecule has 3 aromatic rings. The van der Waals surface area contributed by atoms with Gasteiger partial charge in [-0.1, -0.05) is 12.1 Å². The van der Waals surface area contributed by atoms with E-state index < -0.39 is 0 Å². The van der Waals surface area contributed by atoms with Crippen molar-refractivity contribution in [2.75, 3.05) is 24.9 Å². The molecule has 1 aromatic heterocycles. The molecule has 0 aliphatic rings. The van der Waals surface area contributed by atoms with Crippen LogP contribution in [0.4, 0.5) is 16.0 Å². The van der Waals surface area contributed by atoms with Crippen LogP contribution in [0.3, 0.4) is 0 Å². The number of anilines is 2. The van der Waals surface area contributed by atoms with Crippen molar-refractivity contribution in [2.45, 2.75) is 6.54 Å². The first-order valence-electron chi connectivity index (χ1n) is 8.01. The summed E-state index contributed by atoms with van der Waals surface area (Å²) in [5.74, 6) is 1.36. The Bertz CT molecular complexity index is 930. The molecule has 0 unspecified atom stereocenters. The molecule has 0 fully saturated rings. The van der Waals surface area contributed by atoms with Crippen LogP contribution in [-0.4, -0.2) is 34.1 Å². The topological polar surface area (TPSA) is 73.2 Å². The number of thiocarbonyl (C=S) groups is 1. The molecule has 0 radical (unpaired) electrons. The molecular weight excluding hydrogens is 369 g/mol. The first-order chi connectivity index (χ1) is 13.1. The van der Waals surface area contributed by atoms with Crippen molar-refractivity contribution < 1.29 is 13.9 Å². The van der Waals surface area contributed by atoms with Gasteiger partial charge in [0.15, 0.2) is 5.11 Å². The van der Waals surface area contributed by atoms with Crippen molar-refractivity contribution in [3.63, 3.8) is 0 Å². The highest BCUT2D eigenvalue weighted by Gasteiger charge is 2.09. The molecule has 0 bridgehead atoms. The lowest BCUT2D eigenvalue weighted by atomic mass is 10.2. The fourth-order valence-corrected chi connectivity index (χ4v) is 2.57. The lowest BCUT2D eigenvalue weighted by molar-refractivity contribution is 0.405. The highest BCUT2D eigenvalue weighted by Crippen LogP contribution is 2.28. The number of aromatic nitrogens is 3. The van der Waals surface area contributed by atoms with E-state index in [1.807, 2.05) is 0 Å². The zero-order valence-electron chi connectivity index (χ0n) is 14.8. The number of ether oxygens (including phenoxy) is 2. The third-order valence-electron chi connectivity index (χ3n) is 3.67. The lowest BCUT2D eigenvalue weighted by Gasteiger charge is -2.13. The van der Waals surface area contributed by atoms with Gasteiger partial charge in [0.2, 0.25) is 5.95 Å². The van der Waals surface area contributed by atoms with Crippen LogP contribution in [0.1, 0.15) is 5.56 Å². The van der Waals surface area contributed by atoms with Crippen molar-refractivity contribution in [3.8, 4) is 11.5 Å². The maximum Gasteiger partial charge on any atom is 0.248 e. The summed E-state index contributed by atoms with van der Waals surface area (Å²) in [6.07, 6.45) is 1.57. The van der Waals surface area contributed by atoms with Crippen LogP contribution in [0.5, 0.6) is 11.5 Å². The van der Waals surface area contributed by atoms with Crippen molar-refractivity contribution in [1.29, 1.82) is 0 Å². The van der Waals surface area contributed by atoms with Crippen LogP contribution in [-0.2, 0) is 6.54 Å². The molecule has 7 nitrogen and oxygen atoms in total. The van der Waals surface area contributed by atoms with Gasteiger partial charge in [-0.3, -0.25) is 5.32 Å². The second-order valence-corrected chi connectivity index (χ2v) is 5.95. The first-order valence-corrected chi connectivity index (χ1v) is 8.42. The van der Waals surface area contributed by atoms with E-state index in [0.717, 1.165) is 5.56 Å². The van der Waals surface area contributed by atoms with Gasteiger partial charge in [-0.25, -0.2) is 14.1 Å². The molecule has 27 heavy (non-hydrogen) atoms. The maximum atomic E-state index is 13.0. The minimum absolute atomic E-state index is 0.274. The van der Waals surface area contributed by atoms with Gasteiger partial charge in [0.1, 0.15) is 23.6 Å². The van der Waals surface area contributed by atoms with Gasteiger partial charge < -0.3 is 14.8 Å². The molecule has 0 aliphatic heterocycles. The summed E-state index contributed by atoms with van der Waals surface area (Å²) in [6, 6.07) is 11.6. The minimum atomic E-state index is -0.274. The number of hydrogen-bond donors (Lipinski definition) is 2. The average molecular weight is 387 g/mol. The summed E-state index contributed by atoms with van der Waals surface area (Å²) in [6.45, 7) is 0.471. The van der Waals surface area contributed by atoms with E-state index in [-0.39, 0.29) is 5.82 Å². The Morgan fingerprint density at radius 3 is 2.59 bits per heavy atom. The highest BCUT2D eigenvalue weighted by atomic mass is 32.1. The van der Waals surface area contributed by atoms with E-state index >= 15 is 0 Å². The zero-order valence-corrected chi connectivity index (χ0v) is 15.6. The maximum absolute atomic E-state index is 13.0. The molecule has 0 spiro atoms. The van der Waals surface area contributed by atoms with Gasteiger partial charge in [-0.05, 0) is 42.0 Å². The van der Waals surface area contributed by atoms with Gasteiger partial charge in [-0.2, -0.15) is 0 Å². The van der Waals surface area contributed by atoms with Crippen LogP contribution >= 0.6 is 12.2 Å². The Labute approximate surface area is 161 Å². The van der Waals surface area contributed by atoms with Crippen LogP contribution < -0.4 is 20.1 Å². The van der Waals surface area contributed by atoms with E-state index in [2.05, 4.69) is 20.7 Å². The van der Waals surface area contributed by atoms with Crippen molar-refractivity contribution in [2.24, 2.45) is 0 Å². The second kappa shape index (κ2) is 8.45. The Hall–Kier alpha value is -3.20. The lowest BCUT2D eigenvalue weighted by Crippen LogP contribution is -2.20. The van der Waals surface area contributed by atoms with Gasteiger partial charge in [0, 0.05) is 6.07 Å². The summed E-state index contributed by atoms with van der Waals surface area (Å²) in [7, 11) is 3.15. The normalized spacial score (nSPS) is 10.3. The van der Waals surface area contributed by atoms with Crippen molar-refractivity contribution in [3.05, 3.63) is 60.2 Å². The summed E-state index contributed by atoms with van der Waals surface area (Å²) >= 11 is 5.31. The first kappa shape index (κ1) is 18.6. The predicted molar refractivity (Wildman–Crippen MR) is 105 cm³/mol. The molecule has 140 valence electrons. The number of nitrogens with zero attached hydrogens (tertiary/aromatic N) is 3. The molecule has 3 rings (SSSR count). The van der Waals surface area contributed by atoms with E-state index in [9.17, 15) is 4.39 Å². The Morgan fingerprint density at radius 2 is 1.89 bits per heavy atom. The number of benzene rings is 2. The summed E-state index contributed by atoms with van der Waals surface area (Å²) in [5, 5.41) is 10.6. The molecular formula is C18H18FN5O2S. The molecule has 0 saturated heterocycles. The summed E-state index contributed by atoms with van der Waals surface area (Å²) in [4.78, 5) is 4.17. The minimum Gasteiger partial charge on any atom is -0.497 e. The smallest absolute Gasteiger partial charge is 0.248 e. The molecule has 0 amide bonds. The van der Waals surface area contributed by atoms with E-state index in [0.29, 0.717) is 34.8 Å². The van der Waals surface area contributed by atoms with Gasteiger partial charge in [-0.15, -0.1) is 5.10 Å². The van der Waals surface area contributed by atoms with Crippen LogP contribution in [0.15, 0.2) is 48.8 Å². The van der Waals surface area contributed by atoms with Gasteiger partial charge in [0.05, 0.1) is 26.5 Å². The highest BCUT2D eigenvalue weighted by molar-refractivity contribution is 7.80. The fourth-order valence-electron chi connectivity index (χ4n) is 2.37. The molecule has 0 saturated carbocycles. The van der Waals surface area contributed by atoms with Crippen molar-refractivity contribution in [1.82, 2.24) is 14.8 Å². The molecule has 9 heteroatoms. The molecule has 1 heterocycles. The third-order valence-corrected chi connectivity index (χ3v) is 3.88. The average Bonchev–Trinajstić information content (AvgIpc) is 3.10. The van der Waals surface area contributed by atoms with Gasteiger partial charge >= 0.3 is 0 Å². The molecule has 0 aliphatic carbocycles. The molecule has 0 atom stereocenters. The zero-order chi connectivity index (χ0) is 19.2. The summed E-state index contributed by atoms with van der Waals surface area (Å²) in [5.41, 5.74) is 1.56. The molecule has 2 aromatic carbocycles. The number of rotatable bonds is 6. The van der Waals surface area contributed by atoms with Crippen LogP contribution in [0, 0.1) is 5.82 Å². The van der Waals surface area contributed by atoms with Crippen molar-refractivity contribution >= 4 is 29.0 Å². The standard InChI is InChI=1S/C18H18FN5O2S/c1-25-14-7-8-16(26-2)15(9-14)21-18(27)22-17-20-11-24(23-17)10-12-3-5-13(19)6-4-12/h3-9,11H,10H2,1-2H3,(H2,21,22,23,27). The van der Waals surface area contributed by atoms with Gasteiger partial charge in [0.25, 0.3) is 0 Å². The Kier molecular flexibility index (Phi) is 5.82. The largest absolute Gasteiger partial charge is 0.497 e. The third kappa shape index (κ3) is 4.91. The van der Waals surface area contributed by atoms with Crippen LogP contribution in [0.25, 0.3) is 0 Å². The number of nitrogens with one attached hydrogen (secondary N) is 2. The quantitative estimate of drug-likeness (QED) is 0.629. The predicted octanol–water partition coefficient (Wildman–Crippen LogP) is 3.29. The second-order valence-electron chi connectivity index (χ2n) is 5.54. The summed E-state index contributed by atoms with van der Waals surface area (Å²) < 4.78 is 25.1. The molecule has 2 N–H and O–H groups in total. The number of halogens is 1. The van der Waals surface area contributed by atoms with Crippen LogP contribution in [0.2, 0.25) is 0 Å². The van der Waals surface area contributed by atoms with E-state index in [4.69, 9.17) is 21.7 Å².